The minimum absolute atomic E-state index is 0.209. The zero-order valence-corrected chi connectivity index (χ0v) is 9.15. The molecule has 0 saturated heterocycles. The molecule has 0 fully saturated rings. The molecule has 0 aliphatic carbocycles. The molecule has 0 atom stereocenters. The van der Waals surface area contributed by atoms with Crippen LogP contribution in [0.4, 0.5) is 0 Å². The molecular weight excluding hydrogens is 247 g/mol. The van der Waals surface area contributed by atoms with Crippen molar-refractivity contribution >= 4 is 22.5 Å². The molecule has 57 valence electrons. The Labute approximate surface area is 79.3 Å². The first-order chi connectivity index (χ1) is 5.27. The molecule has 0 aliphatic heterocycles. The van der Waals surface area contributed by atoms with Gasteiger partial charge < -0.3 is 0 Å². The quantitative estimate of drug-likeness (QED) is 0.802. The fourth-order valence-electron chi connectivity index (χ4n) is 0.832. The van der Waals surface area contributed by atoms with Gasteiger partial charge >= 0.3 is 79.2 Å². The van der Waals surface area contributed by atoms with Gasteiger partial charge in [0.1, 0.15) is 0 Å². The molecule has 1 rings (SSSR count). The Morgan fingerprint density at radius 3 is 2.82 bits per heavy atom. The van der Waals surface area contributed by atoms with Crippen LogP contribution in [0.5, 0.6) is 11.5 Å². The van der Waals surface area contributed by atoms with Crippen LogP contribution in [-0.2, 0) is 4.44 Å². The molecule has 0 heterocycles. The third-order valence-electron chi connectivity index (χ3n) is 1.45. The van der Waals surface area contributed by atoms with E-state index in [1.807, 2.05) is 12.1 Å². The average Bonchev–Trinajstić information content (AvgIpc) is 2.05. The van der Waals surface area contributed by atoms with E-state index in [1.54, 1.807) is 13.2 Å². The third kappa shape index (κ3) is 2.02. The molecule has 0 spiro atoms. The van der Waals surface area contributed by atoms with Crippen LogP contribution in [0.2, 0.25) is 0 Å². The van der Waals surface area contributed by atoms with Gasteiger partial charge in [-0.3, -0.25) is 0 Å². The Morgan fingerprint density at radius 1 is 1.55 bits per heavy atom. The predicted molar refractivity (Wildman–Crippen MR) is 44.1 cm³/mol. The molecule has 3 radical (unpaired) electrons. The molecule has 2 nitrogen and oxygen atoms in total. The molecule has 0 aromatic heterocycles. The van der Waals surface area contributed by atoms with Crippen molar-refractivity contribution in [3.05, 3.63) is 23.8 Å². The zero-order chi connectivity index (χ0) is 8.27. The fourth-order valence-corrected chi connectivity index (χ4v) is 1.46. The molecular formula is C8H9O2Sn. The molecule has 11 heavy (non-hydrogen) atoms. The van der Waals surface area contributed by atoms with Gasteiger partial charge in [-0.2, -0.15) is 0 Å². The second-order valence-electron chi connectivity index (χ2n) is 2.18. The first-order valence-corrected chi connectivity index (χ1v) is 5.30. The summed E-state index contributed by atoms with van der Waals surface area (Å²) in [5.41, 5.74) is 1.21. The summed E-state index contributed by atoms with van der Waals surface area (Å²) >= 11 is 1.46. The molecule has 0 bridgehead atoms. The maximum atomic E-state index is 9.21. The standard InChI is InChI=1S/C8H9O2.Sn/c1-6-3-4-7(9)8(5-6)10-2;/h3-5,9H,1H2,2H3;. The number of hydrogen-bond donors (Lipinski definition) is 1. The Balaban J connectivity index is 3.02. The summed E-state index contributed by atoms with van der Waals surface area (Å²) in [6.07, 6.45) is 0. The number of phenols is 1. The van der Waals surface area contributed by atoms with Crippen LogP contribution >= 0.6 is 0 Å². The molecule has 1 aromatic rings. The van der Waals surface area contributed by atoms with Crippen LogP contribution in [-0.4, -0.2) is 34.7 Å². The van der Waals surface area contributed by atoms with E-state index in [2.05, 4.69) is 0 Å². The SMILES string of the molecule is COc1cc([CH2][Sn])ccc1O. The van der Waals surface area contributed by atoms with Crippen LogP contribution in [0.1, 0.15) is 5.56 Å². The van der Waals surface area contributed by atoms with Gasteiger partial charge in [-0.05, 0) is 0 Å². The van der Waals surface area contributed by atoms with Crippen LogP contribution in [0, 0.1) is 0 Å². The molecule has 3 heteroatoms. The van der Waals surface area contributed by atoms with Crippen molar-refractivity contribution in [3.63, 3.8) is 0 Å². The van der Waals surface area contributed by atoms with Gasteiger partial charge in [0.05, 0.1) is 0 Å². The Kier molecular flexibility index (Phi) is 3.05. The van der Waals surface area contributed by atoms with Crippen LogP contribution in [0.15, 0.2) is 18.2 Å². The van der Waals surface area contributed by atoms with Crippen molar-refractivity contribution in [3.8, 4) is 11.5 Å². The summed E-state index contributed by atoms with van der Waals surface area (Å²) in [4.78, 5) is 0. The number of ether oxygens (including phenoxy) is 1. The van der Waals surface area contributed by atoms with Gasteiger partial charge in [-0.1, -0.05) is 0 Å². The summed E-state index contributed by atoms with van der Waals surface area (Å²) in [6.45, 7) is 0. The van der Waals surface area contributed by atoms with E-state index in [1.165, 1.54) is 28.1 Å². The second-order valence-corrected chi connectivity index (χ2v) is 3.19. The summed E-state index contributed by atoms with van der Waals surface area (Å²) in [7, 11) is 1.56. The zero-order valence-electron chi connectivity index (χ0n) is 6.29. The van der Waals surface area contributed by atoms with Gasteiger partial charge in [-0.15, -0.1) is 0 Å². The van der Waals surface area contributed by atoms with E-state index in [-0.39, 0.29) is 5.75 Å². The molecule has 0 aliphatic rings. The second kappa shape index (κ2) is 3.85. The average molecular weight is 256 g/mol. The first-order valence-electron chi connectivity index (χ1n) is 3.28. The van der Waals surface area contributed by atoms with E-state index in [0.717, 1.165) is 4.44 Å². The summed E-state index contributed by atoms with van der Waals surface area (Å²) in [5, 5.41) is 9.21. The van der Waals surface area contributed by atoms with Gasteiger partial charge in [0.15, 0.2) is 0 Å². The fraction of sp³-hybridized carbons (Fsp3) is 0.250. The van der Waals surface area contributed by atoms with Crippen molar-refractivity contribution in [1.29, 1.82) is 0 Å². The monoisotopic (exact) mass is 257 g/mol. The first kappa shape index (κ1) is 8.71. The number of benzene rings is 1. The Morgan fingerprint density at radius 2 is 2.27 bits per heavy atom. The van der Waals surface area contributed by atoms with E-state index in [4.69, 9.17) is 4.74 Å². The van der Waals surface area contributed by atoms with E-state index in [0.29, 0.717) is 5.75 Å². The summed E-state index contributed by atoms with van der Waals surface area (Å²) in [5.74, 6) is 0.769. The van der Waals surface area contributed by atoms with Gasteiger partial charge in [0.25, 0.3) is 0 Å². The molecule has 1 aromatic carbocycles. The van der Waals surface area contributed by atoms with E-state index < -0.39 is 0 Å². The van der Waals surface area contributed by atoms with E-state index >= 15 is 0 Å². The maximum absolute atomic E-state index is 9.21. The molecule has 0 saturated carbocycles. The van der Waals surface area contributed by atoms with Gasteiger partial charge in [-0.25, -0.2) is 0 Å². The van der Waals surface area contributed by atoms with Crippen molar-refractivity contribution in [2.75, 3.05) is 7.11 Å². The van der Waals surface area contributed by atoms with Crippen LogP contribution in [0.25, 0.3) is 0 Å². The summed E-state index contributed by atoms with van der Waals surface area (Å²) in [6, 6.07) is 5.44. The van der Waals surface area contributed by atoms with E-state index in [9.17, 15) is 5.11 Å². The number of rotatable bonds is 2. The van der Waals surface area contributed by atoms with Gasteiger partial charge in [0.2, 0.25) is 0 Å². The van der Waals surface area contributed by atoms with Gasteiger partial charge in [0, 0.05) is 0 Å². The third-order valence-corrected chi connectivity index (χ3v) is 2.61. The number of phenolic OH excluding ortho intramolecular Hbond substituents is 1. The summed E-state index contributed by atoms with van der Waals surface area (Å²) < 4.78 is 5.99. The Hall–Kier alpha value is -0.381. The van der Waals surface area contributed by atoms with Crippen LogP contribution in [0.3, 0.4) is 0 Å². The topological polar surface area (TPSA) is 29.5 Å². The normalized spacial score (nSPS) is 9.64. The van der Waals surface area contributed by atoms with Crippen molar-refractivity contribution in [1.82, 2.24) is 0 Å². The van der Waals surface area contributed by atoms with Crippen LogP contribution < -0.4 is 4.74 Å². The molecule has 0 unspecified atom stereocenters. The van der Waals surface area contributed by atoms with Crippen molar-refractivity contribution in [2.24, 2.45) is 0 Å². The predicted octanol–water partition coefficient (Wildman–Crippen LogP) is 1.07. The Bertz CT molecular complexity index is 248. The minimum atomic E-state index is 0.209. The number of aromatic hydroxyl groups is 1. The van der Waals surface area contributed by atoms with Crippen molar-refractivity contribution < 1.29 is 9.84 Å². The molecule has 0 amide bonds. The number of methoxy groups -OCH3 is 1. The van der Waals surface area contributed by atoms with Crippen molar-refractivity contribution in [2.45, 2.75) is 4.44 Å². The number of hydrogen-bond acceptors (Lipinski definition) is 2. The molecule has 1 N–H and O–H groups in total.